The van der Waals surface area contributed by atoms with Gasteiger partial charge < -0.3 is 9.16 Å². The number of aliphatic imine (C=N–C) groups is 1. The molecule has 0 saturated carbocycles. The first-order chi connectivity index (χ1) is 10.6. The summed E-state index contributed by atoms with van der Waals surface area (Å²) in [7, 11) is -1.70. The molecular weight excluding hydrogens is 302 g/mol. The molecule has 2 rings (SSSR count). The molecule has 1 aliphatic rings. The minimum absolute atomic E-state index is 0.241. The number of ether oxygens (including phenoxy) is 1. The van der Waals surface area contributed by atoms with Crippen molar-refractivity contribution in [3.63, 3.8) is 0 Å². The van der Waals surface area contributed by atoms with Gasteiger partial charge in [0.2, 0.25) is 5.90 Å². The van der Waals surface area contributed by atoms with Crippen LogP contribution in [0.4, 0.5) is 0 Å². The van der Waals surface area contributed by atoms with E-state index in [2.05, 4.69) is 77.0 Å². The quantitative estimate of drug-likeness (QED) is 0.709. The summed E-state index contributed by atoms with van der Waals surface area (Å²) >= 11 is 0. The van der Waals surface area contributed by atoms with Crippen LogP contribution in [0.2, 0.25) is 18.1 Å². The molecule has 1 heterocycles. The topological polar surface area (TPSA) is 30.8 Å². The van der Waals surface area contributed by atoms with E-state index >= 15 is 0 Å². The largest absolute Gasteiger partial charge is 0.475 e. The second kappa shape index (κ2) is 6.77. The summed E-state index contributed by atoms with van der Waals surface area (Å²) in [6, 6.07) is 8.71. The SMILES string of the molecule is CC(C)C1COC(c2ccc(CO[Si](C)(C)C(C)(C)C)cc2)=N1. The van der Waals surface area contributed by atoms with Crippen molar-refractivity contribution >= 4 is 14.2 Å². The van der Waals surface area contributed by atoms with Crippen molar-refractivity contribution in [3.05, 3.63) is 35.4 Å². The van der Waals surface area contributed by atoms with Gasteiger partial charge in [0.15, 0.2) is 8.32 Å². The standard InChI is InChI=1S/C19H31NO2Si/c1-14(2)17-13-21-18(20-17)16-10-8-15(9-11-16)12-22-23(6,7)19(3,4)5/h8-11,14,17H,12-13H2,1-7H3. The van der Waals surface area contributed by atoms with Crippen molar-refractivity contribution in [1.29, 1.82) is 0 Å². The summed E-state index contributed by atoms with van der Waals surface area (Å²) in [6.07, 6.45) is 0. The summed E-state index contributed by atoms with van der Waals surface area (Å²) in [5.74, 6) is 1.30. The molecule has 0 aliphatic carbocycles. The molecule has 1 unspecified atom stereocenters. The molecule has 0 radical (unpaired) electrons. The van der Waals surface area contributed by atoms with Gasteiger partial charge in [-0.15, -0.1) is 0 Å². The molecule has 3 nitrogen and oxygen atoms in total. The molecule has 1 atom stereocenters. The Labute approximate surface area is 142 Å². The zero-order valence-electron chi connectivity index (χ0n) is 15.6. The highest BCUT2D eigenvalue weighted by Crippen LogP contribution is 2.37. The molecule has 0 spiro atoms. The summed E-state index contributed by atoms with van der Waals surface area (Å²) in [6.45, 7) is 17.1. The van der Waals surface area contributed by atoms with Gasteiger partial charge in [-0.25, -0.2) is 4.99 Å². The fourth-order valence-corrected chi connectivity index (χ4v) is 3.07. The first kappa shape index (κ1) is 18.2. The molecule has 4 heteroatoms. The fraction of sp³-hybridized carbons (Fsp3) is 0.632. The van der Waals surface area contributed by atoms with Gasteiger partial charge in [0.25, 0.3) is 0 Å². The van der Waals surface area contributed by atoms with E-state index in [1.807, 2.05) is 0 Å². The Balaban J connectivity index is 2.00. The van der Waals surface area contributed by atoms with Crippen molar-refractivity contribution in [1.82, 2.24) is 0 Å². The van der Waals surface area contributed by atoms with E-state index in [0.717, 1.165) is 11.5 Å². The summed E-state index contributed by atoms with van der Waals surface area (Å²) in [5.41, 5.74) is 2.27. The molecule has 1 aromatic carbocycles. The maximum absolute atomic E-state index is 6.27. The van der Waals surface area contributed by atoms with Gasteiger partial charge in [-0.05, 0) is 41.7 Å². The van der Waals surface area contributed by atoms with Gasteiger partial charge in [-0.2, -0.15) is 0 Å². The third-order valence-electron chi connectivity index (χ3n) is 5.05. The molecule has 1 aromatic rings. The molecule has 0 N–H and O–H groups in total. The third-order valence-corrected chi connectivity index (χ3v) is 9.53. The molecule has 23 heavy (non-hydrogen) atoms. The lowest BCUT2D eigenvalue weighted by Gasteiger charge is -2.36. The maximum atomic E-state index is 6.27. The zero-order valence-corrected chi connectivity index (χ0v) is 16.6. The fourth-order valence-electron chi connectivity index (χ4n) is 2.11. The lowest BCUT2D eigenvalue weighted by Crippen LogP contribution is -2.40. The average Bonchev–Trinajstić information content (AvgIpc) is 2.94. The van der Waals surface area contributed by atoms with E-state index in [9.17, 15) is 0 Å². The van der Waals surface area contributed by atoms with E-state index in [-0.39, 0.29) is 11.1 Å². The normalized spacial score (nSPS) is 19.0. The molecule has 0 amide bonds. The molecule has 0 fully saturated rings. The highest BCUT2D eigenvalue weighted by atomic mass is 28.4. The zero-order chi connectivity index (χ0) is 17.3. The first-order valence-electron chi connectivity index (χ1n) is 8.54. The van der Waals surface area contributed by atoms with Crippen molar-refractivity contribution in [2.75, 3.05) is 6.61 Å². The van der Waals surface area contributed by atoms with Crippen LogP contribution < -0.4 is 0 Å². The number of benzene rings is 1. The minimum atomic E-state index is -1.70. The smallest absolute Gasteiger partial charge is 0.216 e. The molecular formula is C19H31NO2Si. The lowest BCUT2D eigenvalue weighted by molar-refractivity contribution is 0.276. The van der Waals surface area contributed by atoms with Crippen molar-refractivity contribution in [3.8, 4) is 0 Å². The van der Waals surface area contributed by atoms with Crippen LogP contribution in [0.5, 0.6) is 0 Å². The Kier molecular flexibility index (Phi) is 5.36. The Morgan fingerprint density at radius 1 is 1.22 bits per heavy atom. The molecule has 1 aliphatic heterocycles. The highest BCUT2D eigenvalue weighted by Gasteiger charge is 2.37. The van der Waals surface area contributed by atoms with Gasteiger partial charge in [0.1, 0.15) is 6.61 Å². The lowest BCUT2D eigenvalue weighted by atomic mass is 10.1. The van der Waals surface area contributed by atoms with Gasteiger partial charge >= 0.3 is 0 Å². The highest BCUT2D eigenvalue weighted by molar-refractivity contribution is 6.74. The molecule has 0 aromatic heterocycles. The second-order valence-electron chi connectivity index (χ2n) is 8.30. The van der Waals surface area contributed by atoms with Crippen LogP contribution in [0, 0.1) is 5.92 Å². The predicted octanol–water partition coefficient (Wildman–Crippen LogP) is 5.01. The van der Waals surface area contributed by atoms with E-state index < -0.39 is 8.32 Å². The Bertz CT molecular complexity index is 556. The minimum Gasteiger partial charge on any atom is -0.475 e. The number of rotatable bonds is 5. The number of hydrogen-bond acceptors (Lipinski definition) is 3. The molecule has 0 saturated heterocycles. The van der Waals surface area contributed by atoms with Gasteiger partial charge in [0, 0.05) is 5.56 Å². The van der Waals surface area contributed by atoms with Crippen molar-refractivity contribution < 1.29 is 9.16 Å². The van der Waals surface area contributed by atoms with Crippen LogP contribution in [0.1, 0.15) is 45.7 Å². The van der Waals surface area contributed by atoms with Crippen LogP contribution in [0.25, 0.3) is 0 Å². The molecule has 0 bridgehead atoms. The maximum Gasteiger partial charge on any atom is 0.216 e. The van der Waals surface area contributed by atoms with E-state index in [1.54, 1.807) is 0 Å². The number of hydrogen-bond donors (Lipinski definition) is 0. The van der Waals surface area contributed by atoms with Crippen LogP contribution in [0.15, 0.2) is 29.3 Å². The van der Waals surface area contributed by atoms with Crippen LogP contribution in [-0.2, 0) is 15.8 Å². The third kappa shape index (κ3) is 4.45. The average molecular weight is 334 g/mol. The summed E-state index contributed by atoms with van der Waals surface area (Å²) in [5, 5.41) is 0.241. The van der Waals surface area contributed by atoms with E-state index in [1.165, 1.54) is 5.56 Å². The molecule has 128 valence electrons. The first-order valence-corrected chi connectivity index (χ1v) is 11.4. The monoisotopic (exact) mass is 333 g/mol. The Hall–Kier alpha value is -1.13. The van der Waals surface area contributed by atoms with Crippen molar-refractivity contribution in [2.45, 2.75) is 65.4 Å². The predicted molar refractivity (Wildman–Crippen MR) is 99.5 cm³/mol. The van der Waals surface area contributed by atoms with E-state index in [0.29, 0.717) is 19.1 Å². The van der Waals surface area contributed by atoms with Crippen LogP contribution in [0.3, 0.4) is 0 Å². The summed E-state index contributed by atoms with van der Waals surface area (Å²) < 4.78 is 12.0. The summed E-state index contributed by atoms with van der Waals surface area (Å²) in [4.78, 5) is 4.68. The van der Waals surface area contributed by atoms with Crippen LogP contribution in [-0.4, -0.2) is 26.9 Å². The van der Waals surface area contributed by atoms with E-state index in [4.69, 9.17) is 9.16 Å². The van der Waals surface area contributed by atoms with Gasteiger partial charge in [0.05, 0.1) is 12.6 Å². The Morgan fingerprint density at radius 3 is 2.30 bits per heavy atom. The second-order valence-corrected chi connectivity index (χ2v) is 13.1. The number of nitrogens with zero attached hydrogens (tertiary/aromatic N) is 1. The van der Waals surface area contributed by atoms with Gasteiger partial charge in [-0.1, -0.05) is 46.8 Å². The van der Waals surface area contributed by atoms with Crippen molar-refractivity contribution in [2.24, 2.45) is 10.9 Å². The van der Waals surface area contributed by atoms with Gasteiger partial charge in [-0.3, -0.25) is 0 Å². The Morgan fingerprint density at radius 2 is 1.83 bits per heavy atom. The van der Waals surface area contributed by atoms with Crippen LogP contribution >= 0.6 is 0 Å².